The first kappa shape index (κ1) is 12.7. The Hall–Kier alpha value is -1.75. The quantitative estimate of drug-likeness (QED) is 0.853. The monoisotopic (exact) mass is 251 g/mol. The van der Waals surface area contributed by atoms with Crippen molar-refractivity contribution in [3.8, 4) is 5.75 Å². The van der Waals surface area contributed by atoms with Crippen LogP contribution in [0, 0.1) is 5.41 Å². The molecule has 98 valence electrons. The van der Waals surface area contributed by atoms with Crippen molar-refractivity contribution < 1.29 is 19.4 Å². The highest BCUT2D eigenvalue weighted by Gasteiger charge is 2.47. The Morgan fingerprint density at radius 1 is 1.44 bits per heavy atom. The van der Waals surface area contributed by atoms with E-state index in [0.29, 0.717) is 6.54 Å². The maximum Gasteiger partial charge on any atom is 0.316 e. The Bertz CT molecular complexity index is 425. The van der Waals surface area contributed by atoms with Crippen molar-refractivity contribution in [1.82, 2.24) is 0 Å². The van der Waals surface area contributed by atoms with Gasteiger partial charge in [0.15, 0.2) is 0 Å². The Labute approximate surface area is 106 Å². The number of ether oxygens (including phenoxy) is 2. The zero-order chi connectivity index (χ0) is 13.2. The largest absolute Gasteiger partial charge is 0.497 e. The zero-order valence-electron chi connectivity index (χ0n) is 10.5. The molecule has 0 amide bonds. The summed E-state index contributed by atoms with van der Waals surface area (Å²) in [6.07, 6.45) is 0. The van der Waals surface area contributed by atoms with Gasteiger partial charge in [-0.25, -0.2) is 0 Å². The van der Waals surface area contributed by atoms with Crippen LogP contribution in [0.15, 0.2) is 24.3 Å². The molecular formula is C13H17NO4. The Balaban J connectivity index is 2.06. The first-order valence-electron chi connectivity index (χ1n) is 5.74. The van der Waals surface area contributed by atoms with Gasteiger partial charge in [0, 0.05) is 19.3 Å². The van der Waals surface area contributed by atoms with Crippen LogP contribution in [0.5, 0.6) is 5.75 Å². The summed E-state index contributed by atoms with van der Waals surface area (Å²) in [7, 11) is 3.49. The topological polar surface area (TPSA) is 59.0 Å². The molecule has 0 atom stereocenters. The Morgan fingerprint density at radius 2 is 2.06 bits per heavy atom. The number of carbonyl (C=O) groups is 1. The number of benzene rings is 1. The SMILES string of the molecule is COc1ccc(N(C)CC2(C(=O)O)COC2)cc1. The molecule has 1 heterocycles. The average molecular weight is 251 g/mol. The minimum atomic E-state index is -0.797. The first-order chi connectivity index (χ1) is 8.57. The molecule has 0 spiro atoms. The van der Waals surface area contributed by atoms with Crippen LogP contribution in [-0.4, -0.2) is 45.0 Å². The van der Waals surface area contributed by atoms with Crippen molar-refractivity contribution in [2.24, 2.45) is 5.41 Å². The van der Waals surface area contributed by atoms with Crippen LogP contribution in [0.2, 0.25) is 0 Å². The number of hydrogen-bond acceptors (Lipinski definition) is 4. The van der Waals surface area contributed by atoms with Gasteiger partial charge in [-0.3, -0.25) is 4.79 Å². The lowest BCUT2D eigenvalue weighted by molar-refractivity contribution is -0.177. The number of nitrogens with zero attached hydrogens (tertiary/aromatic N) is 1. The number of rotatable bonds is 5. The van der Waals surface area contributed by atoms with Crippen molar-refractivity contribution in [2.75, 3.05) is 38.8 Å². The molecule has 5 heteroatoms. The molecule has 0 bridgehead atoms. The molecule has 1 aliphatic heterocycles. The minimum Gasteiger partial charge on any atom is -0.497 e. The standard InChI is InChI=1S/C13H17NO4/c1-14(7-13(12(15)16)8-18-9-13)10-3-5-11(17-2)6-4-10/h3-6H,7-9H2,1-2H3,(H,15,16). The maximum absolute atomic E-state index is 11.2. The van der Waals surface area contributed by atoms with E-state index in [-0.39, 0.29) is 13.2 Å². The number of aliphatic carboxylic acids is 1. The third-order valence-electron chi connectivity index (χ3n) is 3.26. The van der Waals surface area contributed by atoms with Gasteiger partial charge in [-0.15, -0.1) is 0 Å². The second kappa shape index (κ2) is 4.86. The third kappa shape index (κ3) is 2.26. The average Bonchev–Trinajstić information content (AvgIpc) is 2.33. The van der Waals surface area contributed by atoms with Crippen molar-refractivity contribution in [3.63, 3.8) is 0 Å². The molecule has 0 aromatic heterocycles. The fraction of sp³-hybridized carbons (Fsp3) is 0.462. The molecule has 0 radical (unpaired) electrons. The zero-order valence-corrected chi connectivity index (χ0v) is 10.5. The van der Waals surface area contributed by atoms with E-state index in [4.69, 9.17) is 9.47 Å². The fourth-order valence-corrected chi connectivity index (χ4v) is 2.01. The summed E-state index contributed by atoms with van der Waals surface area (Å²) in [5, 5.41) is 9.24. The van der Waals surface area contributed by atoms with Crippen LogP contribution in [0.25, 0.3) is 0 Å². The molecule has 0 unspecified atom stereocenters. The molecule has 0 aliphatic carbocycles. The molecule has 2 rings (SSSR count). The number of carboxylic acids is 1. The Kier molecular flexibility index (Phi) is 3.43. The highest BCUT2D eigenvalue weighted by Crippen LogP contribution is 2.30. The fourth-order valence-electron chi connectivity index (χ4n) is 2.01. The molecule has 1 fully saturated rings. The summed E-state index contributed by atoms with van der Waals surface area (Å²) in [5.74, 6) is -0.0128. The molecule has 1 aliphatic rings. The lowest BCUT2D eigenvalue weighted by Gasteiger charge is -2.40. The van der Waals surface area contributed by atoms with Crippen LogP contribution < -0.4 is 9.64 Å². The minimum absolute atomic E-state index is 0.281. The first-order valence-corrected chi connectivity index (χ1v) is 5.74. The molecule has 0 saturated carbocycles. The number of methoxy groups -OCH3 is 1. The van der Waals surface area contributed by atoms with Gasteiger partial charge in [-0.2, -0.15) is 0 Å². The summed E-state index contributed by atoms with van der Waals surface area (Å²) in [4.78, 5) is 13.2. The third-order valence-corrected chi connectivity index (χ3v) is 3.26. The summed E-state index contributed by atoms with van der Waals surface area (Å²) < 4.78 is 10.1. The van der Waals surface area contributed by atoms with E-state index in [1.54, 1.807) is 7.11 Å². The molecule has 1 N–H and O–H groups in total. The van der Waals surface area contributed by atoms with Gasteiger partial charge in [0.2, 0.25) is 0 Å². The second-order valence-corrected chi connectivity index (χ2v) is 4.63. The lowest BCUT2D eigenvalue weighted by atomic mass is 9.85. The van der Waals surface area contributed by atoms with E-state index in [1.807, 2.05) is 36.2 Å². The number of carboxylic acid groups (broad SMARTS) is 1. The summed E-state index contributed by atoms with van der Waals surface area (Å²) in [6.45, 7) is 1.00. The van der Waals surface area contributed by atoms with Crippen LogP contribution in [0.3, 0.4) is 0 Å². The molecule has 18 heavy (non-hydrogen) atoms. The molecule has 1 aromatic rings. The van der Waals surface area contributed by atoms with Crippen molar-refractivity contribution >= 4 is 11.7 Å². The van der Waals surface area contributed by atoms with Gasteiger partial charge in [0.25, 0.3) is 0 Å². The van der Waals surface area contributed by atoms with Crippen molar-refractivity contribution in [2.45, 2.75) is 0 Å². The van der Waals surface area contributed by atoms with Gasteiger partial charge in [-0.05, 0) is 24.3 Å². The molecule has 1 aromatic carbocycles. The van der Waals surface area contributed by atoms with Crippen LogP contribution in [-0.2, 0) is 9.53 Å². The van der Waals surface area contributed by atoms with Crippen molar-refractivity contribution in [3.05, 3.63) is 24.3 Å². The molecule has 5 nitrogen and oxygen atoms in total. The number of anilines is 1. The molecule has 1 saturated heterocycles. The normalized spacial score (nSPS) is 16.8. The van der Waals surface area contributed by atoms with Gasteiger partial charge in [-0.1, -0.05) is 0 Å². The smallest absolute Gasteiger partial charge is 0.316 e. The highest BCUT2D eigenvalue weighted by atomic mass is 16.5. The second-order valence-electron chi connectivity index (χ2n) is 4.63. The van der Waals surface area contributed by atoms with Crippen LogP contribution in [0.4, 0.5) is 5.69 Å². The highest BCUT2D eigenvalue weighted by molar-refractivity contribution is 5.77. The lowest BCUT2D eigenvalue weighted by Crippen LogP contribution is -2.55. The van der Waals surface area contributed by atoms with Crippen molar-refractivity contribution in [1.29, 1.82) is 0 Å². The maximum atomic E-state index is 11.2. The predicted octanol–water partition coefficient (Wildman–Crippen LogP) is 1.23. The van der Waals surface area contributed by atoms with E-state index in [1.165, 1.54) is 0 Å². The summed E-state index contributed by atoms with van der Waals surface area (Å²) in [5.41, 5.74) is 0.192. The number of hydrogen-bond donors (Lipinski definition) is 1. The molecular weight excluding hydrogens is 234 g/mol. The summed E-state index contributed by atoms with van der Waals surface area (Å²) >= 11 is 0. The van der Waals surface area contributed by atoms with E-state index in [2.05, 4.69) is 0 Å². The van der Waals surface area contributed by atoms with Gasteiger partial charge < -0.3 is 19.5 Å². The summed E-state index contributed by atoms with van der Waals surface area (Å²) in [6, 6.07) is 7.54. The van der Waals surface area contributed by atoms with E-state index >= 15 is 0 Å². The van der Waals surface area contributed by atoms with E-state index < -0.39 is 11.4 Å². The predicted molar refractivity (Wildman–Crippen MR) is 67.2 cm³/mol. The van der Waals surface area contributed by atoms with Crippen LogP contribution in [0.1, 0.15) is 0 Å². The van der Waals surface area contributed by atoms with E-state index in [9.17, 15) is 9.90 Å². The van der Waals surface area contributed by atoms with E-state index in [0.717, 1.165) is 11.4 Å². The van der Waals surface area contributed by atoms with Gasteiger partial charge >= 0.3 is 5.97 Å². The van der Waals surface area contributed by atoms with Gasteiger partial charge in [0.1, 0.15) is 11.2 Å². The van der Waals surface area contributed by atoms with Gasteiger partial charge in [0.05, 0.1) is 20.3 Å². The Morgan fingerprint density at radius 3 is 2.44 bits per heavy atom. The van der Waals surface area contributed by atoms with Crippen LogP contribution >= 0.6 is 0 Å².